The van der Waals surface area contributed by atoms with Gasteiger partial charge in [-0.1, -0.05) is 13.8 Å². The van der Waals surface area contributed by atoms with Crippen molar-refractivity contribution in [1.82, 2.24) is 9.97 Å². The van der Waals surface area contributed by atoms with E-state index in [1.54, 1.807) is 17.7 Å². The molecular formula is C18H25N3O4S2. The maximum absolute atomic E-state index is 11.2. The van der Waals surface area contributed by atoms with Crippen molar-refractivity contribution in [3.8, 4) is 0 Å². The quantitative estimate of drug-likeness (QED) is 0.730. The summed E-state index contributed by atoms with van der Waals surface area (Å²) >= 11 is 1.67. The highest BCUT2D eigenvalue weighted by atomic mass is 32.2. The van der Waals surface area contributed by atoms with Crippen molar-refractivity contribution in [3.05, 3.63) is 17.3 Å². The summed E-state index contributed by atoms with van der Waals surface area (Å²) in [6.07, 6.45) is 3.57. The lowest BCUT2D eigenvalue weighted by Gasteiger charge is -2.33. The van der Waals surface area contributed by atoms with Crippen LogP contribution in [0.15, 0.2) is 11.7 Å². The molecule has 9 heteroatoms. The van der Waals surface area contributed by atoms with Crippen molar-refractivity contribution >= 4 is 37.5 Å². The van der Waals surface area contributed by atoms with Gasteiger partial charge in [-0.2, -0.15) is 8.42 Å². The first-order valence-electron chi connectivity index (χ1n) is 9.32. The molecule has 2 bridgehead atoms. The van der Waals surface area contributed by atoms with Gasteiger partial charge < -0.3 is 9.64 Å². The minimum absolute atomic E-state index is 0.0342. The molecule has 2 fully saturated rings. The molecule has 0 radical (unpaired) electrons. The summed E-state index contributed by atoms with van der Waals surface area (Å²) in [5.41, 5.74) is 1.29. The largest absolute Gasteiger partial charge is 0.376 e. The van der Waals surface area contributed by atoms with Crippen molar-refractivity contribution in [1.29, 1.82) is 0 Å². The summed E-state index contributed by atoms with van der Waals surface area (Å²) in [4.78, 5) is 12.5. The summed E-state index contributed by atoms with van der Waals surface area (Å²) in [6.45, 7) is 6.74. The Hall–Kier alpha value is -1.29. The lowest BCUT2D eigenvalue weighted by molar-refractivity contribution is 0.0252. The molecule has 2 aromatic heterocycles. The van der Waals surface area contributed by atoms with Crippen LogP contribution in [0.2, 0.25) is 0 Å². The number of nitrogens with zero attached hydrogens (tertiary/aromatic N) is 3. The maximum Gasteiger partial charge on any atom is 0.269 e. The molecule has 2 aliphatic rings. The van der Waals surface area contributed by atoms with Crippen LogP contribution in [-0.4, -0.2) is 53.5 Å². The smallest absolute Gasteiger partial charge is 0.269 e. The molecule has 3 heterocycles. The second kappa shape index (κ2) is 6.95. The average Bonchev–Trinajstić information content (AvgIpc) is 3.31. The Bertz CT molecular complexity index is 943. The Balaban J connectivity index is 1.51. The monoisotopic (exact) mass is 411 g/mol. The van der Waals surface area contributed by atoms with E-state index in [0.717, 1.165) is 30.0 Å². The third-order valence-electron chi connectivity index (χ3n) is 5.80. The molecule has 0 aromatic carbocycles. The van der Waals surface area contributed by atoms with Crippen LogP contribution in [0.5, 0.6) is 0 Å². The lowest BCUT2D eigenvalue weighted by atomic mass is 10.0. The van der Waals surface area contributed by atoms with Crippen LogP contribution in [0.4, 0.5) is 5.82 Å². The first-order chi connectivity index (χ1) is 12.8. The second-order valence-electron chi connectivity index (χ2n) is 7.96. The zero-order valence-corrected chi connectivity index (χ0v) is 17.3. The van der Waals surface area contributed by atoms with Gasteiger partial charge in [0.15, 0.2) is 0 Å². The fourth-order valence-electron chi connectivity index (χ4n) is 4.24. The van der Waals surface area contributed by atoms with Gasteiger partial charge in [0.25, 0.3) is 10.1 Å². The van der Waals surface area contributed by atoms with Crippen LogP contribution in [0.25, 0.3) is 10.2 Å². The van der Waals surface area contributed by atoms with Gasteiger partial charge in [0.1, 0.15) is 22.2 Å². The van der Waals surface area contributed by atoms with Crippen LogP contribution in [-0.2, 0) is 14.9 Å². The molecule has 27 heavy (non-hydrogen) atoms. The molecule has 1 saturated heterocycles. The van der Waals surface area contributed by atoms with E-state index in [2.05, 4.69) is 34.1 Å². The second-order valence-corrected chi connectivity index (χ2v) is 10.7. The van der Waals surface area contributed by atoms with E-state index >= 15 is 0 Å². The number of hydrogen-bond donors (Lipinski definition) is 1. The molecule has 0 amide bonds. The fraction of sp³-hybridized carbons (Fsp3) is 0.667. The Kier molecular flexibility index (Phi) is 4.90. The van der Waals surface area contributed by atoms with Gasteiger partial charge in [-0.15, -0.1) is 11.3 Å². The number of piperidine rings is 1. The highest BCUT2D eigenvalue weighted by molar-refractivity contribution is 7.86. The number of anilines is 1. The highest BCUT2D eigenvalue weighted by Crippen LogP contribution is 2.44. The SMILES string of the molecule is CC(C)c1csc2ncnc(N3CC4CC3CC4OCC(C)S(=O)(=O)O)c12. The standard InChI is InChI=1S/C18H25N3O4S2/c1-10(2)14-8-26-18-16(14)17(19-9-20-18)21-6-12-4-13(21)5-15(12)25-7-11(3)27(22,23)24/h8-13,15H,4-7H2,1-3H3,(H,22,23,24). The summed E-state index contributed by atoms with van der Waals surface area (Å²) < 4.78 is 37.3. The van der Waals surface area contributed by atoms with Crippen LogP contribution < -0.4 is 4.90 Å². The van der Waals surface area contributed by atoms with Gasteiger partial charge >= 0.3 is 0 Å². The third-order valence-corrected chi connectivity index (χ3v) is 7.86. The van der Waals surface area contributed by atoms with E-state index in [1.165, 1.54) is 17.9 Å². The Morgan fingerprint density at radius 3 is 2.74 bits per heavy atom. The van der Waals surface area contributed by atoms with Crippen LogP contribution >= 0.6 is 11.3 Å². The summed E-state index contributed by atoms with van der Waals surface area (Å²) in [5, 5.41) is 2.46. The first kappa shape index (κ1) is 19.0. The number of thiophene rings is 1. The van der Waals surface area contributed by atoms with Gasteiger partial charge in [-0.25, -0.2) is 9.97 Å². The number of ether oxygens (including phenoxy) is 1. The summed E-state index contributed by atoms with van der Waals surface area (Å²) in [6, 6.07) is 0.346. The molecule has 1 aliphatic heterocycles. The molecule has 2 aromatic rings. The lowest BCUT2D eigenvalue weighted by Crippen LogP contribution is -2.40. The van der Waals surface area contributed by atoms with Gasteiger partial charge in [0.2, 0.25) is 0 Å². The fourth-order valence-corrected chi connectivity index (χ4v) is 5.55. The topological polar surface area (TPSA) is 92.6 Å². The molecule has 148 valence electrons. The third kappa shape index (κ3) is 3.46. The zero-order chi connectivity index (χ0) is 19.3. The molecule has 4 atom stereocenters. The molecule has 4 unspecified atom stereocenters. The van der Waals surface area contributed by atoms with Crippen molar-refractivity contribution < 1.29 is 17.7 Å². The first-order valence-corrected chi connectivity index (χ1v) is 11.7. The Morgan fingerprint density at radius 2 is 2.11 bits per heavy atom. The van der Waals surface area contributed by atoms with E-state index < -0.39 is 15.4 Å². The molecule has 1 aliphatic carbocycles. The van der Waals surface area contributed by atoms with E-state index in [9.17, 15) is 8.42 Å². The van der Waals surface area contributed by atoms with Gasteiger partial charge in [0, 0.05) is 18.5 Å². The summed E-state index contributed by atoms with van der Waals surface area (Å²) in [7, 11) is -4.04. The molecule has 4 rings (SSSR count). The Morgan fingerprint density at radius 1 is 1.33 bits per heavy atom. The van der Waals surface area contributed by atoms with Gasteiger partial charge in [0.05, 0.1) is 18.1 Å². The number of fused-ring (bicyclic) bond motifs is 3. The van der Waals surface area contributed by atoms with Crippen LogP contribution in [0.1, 0.15) is 45.1 Å². The van der Waals surface area contributed by atoms with E-state index in [0.29, 0.717) is 17.9 Å². The Labute approximate surface area is 163 Å². The van der Waals surface area contributed by atoms with Crippen LogP contribution in [0, 0.1) is 5.92 Å². The predicted octanol–water partition coefficient (Wildman–Crippen LogP) is 3.07. The van der Waals surface area contributed by atoms with E-state index in [-0.39, 0.29) is 12.7 Å². The molecule has 1 N–H and O–H groups in total. The number of aromatic nitrogens is 2. The van der Waals surface area contributed by atoms with Gasteiger partial charge in [-0.3, -0.25) is 4.55 Å². The molecule has 7 nitrogen and oxygen atoms in total. The number of rotatable bonds is 6. The van der Waals surface area contributed by atoms with Crippen molar-refractivity contribution in [2.24, 2.45) is 5.92 Å². The zero-order valence-electron chi connectivity index (χ0n) is 15.7. The highest BCUT2D eigenvalue weighted by Gasteiger charge is 2.46. The van der Waals surface area contributed by atoms with E-state index in [1.807, 2.05) is 0 Å². The predicted molar refractivity (Wildman–Crippen MR) is 106 cm³/mol. The van der Waals surface area contributed by atoms with E-state index in [4.69, 9.17) is 9.29 Å². The minimum atomic E-state index is -4.04. The molecular weight excluding hydrogens is 386 g/mol. The van der Waals surface area contributed by atoms with Gasteiger partial charge in [-0.05, 0) is 36.6 Å². The number of hydrogen-bond acceptors (Lipinski definition) is 7. The normalized spacial score (nSPS) is 26.4. The average molecular weight is 412 g/mol. The van der Waals surface area contributed by atoms with Crippen molar-refractivity contribution in [2.75, 3.05) is 18.1 Å². The molecule has 0 spiro atoms. The summed E-state index contributed by atoms with van der Waals surface area (Å²) in [5.74, 6) is 1.79. The van der Waals surface area contributed by atoms with Crippen molar-refractivity contribution in [2.45, 2.75) is 56.9 Å². The van der Waals surface area contributed by atoms with Crippen LogP contribution in [0.3, 0.4) is 0 Å². The molecule has 1 saturated carbocycles. The van der Waals surface area contributed by atoms with Crippen molar-refractivity contribution in [3.63, 3.8) is 0 Å². The maximum atomic E-state index is 11.2. The minimum Gasteiger partial charge on any atom is -0.376 e.